The van der Waals surface area contributed by atoms with Gasteiger partial charge in [-0.25, -0.2) is 4.79 Å². The van der Waals surface area contributed by atoms with Gasteiger partial charge in [0.05, 0.1) is 11.6 Å². The van der Waals surface area contributed by atoms with Crippen LogP contribution in [0.5, 0.6) is 0 Å². The van der Waals surface area contributed by atoms with Gasteiger partial charge in [0.15, 0.2) is 5.11 Å². The van der Waals surface area contributed by atoms with Crippen molar-refractivity contribution in [1.82, 2.24) is 10.6 Å². The Labute approximate surface area is 165 Å². The quantitative estimate of drug-likeness (QED) is 0.612. The lowest BCUT2D eigenvalue weighted by atomic mass is 9.95. The van der Waals surface area contributed by atoms with Crippen LogP contribution in [0.2, 0.25) is 0 Å². The molecule has 0 spiro atoms. The number of allylic oxidation sites excluding steroid dienone is 1. The SMILES string of the molecule is CC1=C(C(=O)OCc2ccccc2)[C@@H](c2ccc(N(C)C)cc2)NC(=S)N1. The minimum Gasteiger partial charge on any atom is -0.457 e. The molecule has 1 aliphatic heterocycles. The fourth-order valence-electron chi connectivity index (χ4n) is 2.98. The van der Waals surface area contributed by atoms with Gasteiger partial charge >= 0.3 is 5.97 Å². The Balaban J connectivity index is 1.84. The number of esters is 1. The van der Waals surface area contributed by atoms with Crippen LogP contribution in [-0.2, 0) is 16.1 Å². The molecule has 2 aromatic rings. The van der Waals surface area contributed by atoms with Gasteiger partial charge in [-0.3, -0.25) is 0 Å². The van der Waals surface area contributed by atoms with Crippen LogP contribution in [-0.4, -0.2) is 25.2 Å². The molecule has 0 saturated heterocycles. The molecule has 6 heteroatoms. The van der Waals surface area contributed by atoms with Crippen LogP contribution >= 0.6 is 12.2 Å². The number of nitrogens with zero attached hydrogens (tertiary/aromatic N) is 1. The molecule has 27 heavy (non-hydrogen) atoms. The first-order chi connectivity index (χ1) is 13.0. The zero-order valence-corrected chi connectivity index (χ0v) is 16.5. The Bertz CT molecular complexity index is 861. The highest BCUT2D eigenvalue weighted by Crippen LogP contribution is 2.29. The summed E-state index contributed by atoms with van der Waals surface area (Å²) >= 11 is 5.29. The van der Waals surface area contributed by atoms with Crippen LogP contribution in [0.1, 0.15) is 24.1 Å². The van der Waals surface area contributed by atoms with Gasteiger partial charge in [0.25, 0.3) is 0 Å². The van der Waals surface area contributed by atoms with E-state index in [1.807, 2.05) is 80.5 Å². The molecule has 0 aliphatic carbocycles. The summed E-state index contributed by atoms with van der Waals surface area (Å²) in [6, 6.07) is 17.3. The van der Waals surface area contributed by atoms with Crippen LogP contribution in [0, 0.1) is 0 Å². The van der Waals surface area contributed by atoms with Gasteiger partial charge in [0.1, 0.15) is 6.61 Å². The largest absolute Gasteiger partial charge is 0.457 e. The van der Waals surface area contributed by atoms with Gasteiger partial charge in [-0.05, 0) is 42.4 Å². The van der Waals surface area contributed by atoms with E-state index in [1.54, 1.807) is 0 Å². The molecule has 2 aromatic carbocycles. The molecule has 0 amide bonds. The highest BCUT2D eigenvalue weighted by Gasteiger charge is 2.31. The van der Waals surface area contributed by atoms with Gasteiger partial charge in [0, 0.05) is 25.5 Å². The molecule has 0 fully saturated rings. The van der Waals surface area contributed by atoms with Crippen LogP contribution in [0.4, 0.5) is 5.69 Å². The molecule has 1 aliphatic rings. The summed E-state index contributed by atoms with van der Waals surface area (Å²) in [7, 11) is 3.98. The highest BCUT2D eigenvalue weighted by molar-refractivity contribution is 7.80. The Kier molecular flexibility index (Phi) is 5.76. The molecule has 1 heterocycles. The first-order valence-corrected chi connectivity index (χ1v) is 9.13. The normalized spacial score (nSPS) is 16.4. The second kappa shape index (κ2) is 8.22. The zero-order chi connectivity index (χ0) is 19.4. The van der Waals surface area contributed by atoms with E-state index in [0.717, 1.165) is 16.8 Å². The van der Waals surface area contributed by atoms with Gasteiger partial charge in [-0.2, -0.15) is 0 Å². The molecule has 0 radical (unpaired) electrons. The summed E-state index contributed by atoms with van der Waals surface area (Å²) in [4.78, 5) is 14.9. The molecule has 0 aromatic heterocycles. The summed E-state index contributed by atoms with van der Waals surface area (Å²) in [6.45, 7) is 2.07. The summed E-state index contributed by atoms with van der Waals surface area (Å²) in [6.07, 6.45) is 0. The molecule has 2 N–H and O–H groups in total. The van der Waals surface area contributed by atoms with Crippen molar-refractivity contribution in [3.8, 4) is 0 Å². The third kappa shape index (κ3) is 4.46. The molecule has 5 nitrogen and oxygen atoms in total. The van der Waals surface area contributed by atoms with Crippen molar-refractivity contribution in [2.75, 3.05) is 19.0 Å². The van der Waals surface area contributed by atoms with E-state index >= 15 is 0 Å². The van der Waals surface area contributed by atoms with Crippen molar-refractivity contribution in [2.24, 2.45) is 0 Å². The monoisotopic (exact) mass is 381 g/mol. The molecule has 140 valence electrons. The van der Waals surface area contributed by atoms with E-state index in [-0.39, 0.29) is 18.6 Å². The third-order valence-electron chi connectivity index (χ3n) is 4.44. The van der Waals surface area contributed by atoms with Crippen molar-refractivity contribution in [2.45, 2.75) is 19.6 Å². The van der Waals surface area contributed by atoms with E-state index in [9.17, 15) is 4.79 Å². The van der Waals surface area contributed by atoms with Crippen LogP contribution in [0.15, 0.2) is 65.9 Å². The second-order valence-electron chi connectivity index (χ2n) is 6.62. The number of hydrogen-bond acceptors (Lipinski definition) is 4. The van der Waals surface area contributed by atoms with Crippen molar-refractivity contribution >= 4 is 29.0 Å². The number of ether oxygens (including phenoxy) is 1. The maximum absolute atomic E-state index is 12.8. The highest BCUT2D eigenvalue weighted by atomic mass is 32.1. The minimum absolute atomic E-state index is 0.229. The standard InChI is InChI=1S/C21H23N3O2S/c1-14-18(20(25)26-13-15-7-5-4-6-8-15)19(23-21(27)22-14)16-9-11-17(12-10-16)24(2)3/h4-12,19H,13H2,1-3H3,(H2,22,23,27)/t19-/m1/s1. The summed E-state index contributed by atoms with van der Waals surface area (Å²) < 4.78 is 5.56. The summed E-state index contributed by atoms with van der Waals surface area (Å²) in [5.41, 5.74) is 4.23. The summed E-state index contributed by atoms with van der Waals surface area (Å²) in [5, 5.41) is 6.71. The van der Waals surface area contributed by atoms with Crippen LogP contribution in [0.3, 0.4) is 0 Å². The van der Waals surface area contributed by atoms with Gasteiger partial charge < -0.3 is 20.3 Å². The predicted molar refractivity (Wildman–Crippen MR) is 111 cm³/mol. The second-order valence-corrected chi connectivity index (χ2v) is 7.03. The number of thiocarbonyl (C=S) groups is 1. The molecule has 3 rings (SSSR count). The Hall–Kier alpha value is -2.86. The minimum atomic E-state index is -0.361. The number of carbonyl (C=O) groups excluding carboxylic acids is 1. The first-order valence-electron chi connectivity index (χ1n) is 8.72. The van der Waals surface area contributed by atoms with Crippen molar-refractivity contribution in [3.05, 3.63) is 77.0 Å². The maximum atomic E-state index is 12.8. The number of anilines is 1. The topological polar surface area (TPSA) is 53.6 Å². The third-order valence-corrected chi connectivity index (χ3v) is 4.66. The number of rotatable bonds is 5. The van der Waals surface area contributed by atoms with Crippen molar-refractivity contribution in [3.63, 3.8) is 0 Å². The first kappa shape index (κ1) is 18.9. The Morgan fingerprint density at radius 2 is 1.78 bits per heavy atom. The Morgan fingerprint density at radius 1 is 1.11 bits per heavy atom. The number of nitrogens with one attached hydrogen (secondary N) is 2. The van der Waals surface area contributed by atoms with Gasteiger partial charge in [-0.1, -0.05) is 42.5 Å². The van der Waals surface area contributed by atoms with E-state index in [4.69, 9.17) is 17.0 Å². The fourth-order valence-corrected chi connectivity index (χ4v) is 3.25. The van der Waals surface area contributed by atoms with E-state index in [2.05, 4.69) is 10.6 Å². The lowest BCUT2D eigenvalue weighted by molar-refractivity contribution is -0.140. The average Bonchev–Trinajstić information content (AvgIpc) is 2.66. The number of benzene rings is 2. The van der Waals surface area contributed by atoms with Gasteiger partial charge in [0.2, 0.25) is 0 Å². The molecule has 0 saturated carbocycles. The van der Waals surface area contributed by atoms with Crippen molar-refractivity contribution < 1.29 is 9.53 Å². The smallest absolute Gasteiger partial charge is 0.338 e. The number of carbonyl (C=O) groups is 1. The average molecular weight is 382 g/mol. The molecule has 0 unspecified atom stereocenters. The molecular weight excluding hydrogens is 358 g/mol. The molecule has 0 bridgehead atoms. The summed E-state index contributed by atoms with van der Waals surface area (Å²) in [5.74, 6) is -0.361. The molecular formula is C21H23N3O2S. The van der Waals surface area contributed by atoms with E-state index in [0.29, 0.717) is 16.4 Å². The number of hydrogen-bond donors (Lipinski definition) is 2. The maximum Gasteiger partial charge on any atom is 0.338 e. The van der Waals surface area contributed by atoms with Gasteiger partial charge in [-0.15, -0.1) is 0 Å². The van der Waals surface area contributed by atoms with Crippen LogP contribution in [0.25, 0.3) is 0 Å². The Morgan fingerprint density at radius 3 is 2.41 bits per heavy atom. The van der Waals surface area contributed by atoms with E-state index in [1.165, 1.54) is 0 Å². The molecule has 1 atom stereocenters. The van der Waals surface area contributed by atoms with Crippen molar-refractivity contribution in [1.29, 1.82) is 0 Å². The fraction of sp³-hybridized carbons (Fsp3) is 0.238. The lowest BCUT2D eigenvalue weighted by Gasteiger charge is -2.30. The lowest BCUT2D eigenvalue weighted by Crippen LogP contribution is -2.45. The van der Waals surface area contributed by atoms with E-state index < -0.39 is 0 Å². The zero-order valence-electron chi connectivity index (χ0n) is 15.7. The predicted octanol–water partition coefficient (Wildman–Crippen LogP) is 3.29. The van der Waals surface area contributed by atoms with Crippen LogP contribution < -0.4 is 15.5 Å².